The van der Waals surface area contributed by atoms with E-state index in [1.165, 1.54) is 0 Å². The summed E-state index contributed by atoms with van der Waals surface area (Å²) in [6, 6.07) is 9.74. The number of aryl methyl sites for hydroxylation is 1. The lowest BCUT2D eigenvalue weighted by Crippen LogP contribution is -1.96. The van der Waals surface area contributed by atoms with Gasteiger partial charge in [0.15, 0.2) is 0 Å². The Morgan fingerprint density at radius 3 is 2.76 bits per heavy atom. The molecule has 0 aliphatic heterocycles. The van der Waals surface area contributed by atoms with E-state index in [1.54, 1.807) is 13.3 Å². The molecule has 0 bridgehead atoms. The molecule has 1 aromatic carbocycles. The number of halogens is 1. The zero-order chi connectivity index (χ0) is 12.3. The minimum absolute atomic E-state index is 0.801. The summed E-state index contributed by atoms with van der Waals surface area (Å²) in [5, 5.41) is 3.23. The van der Waals surface area contributed by atoms with Crippen molar-refractivity contribution in [2.24, 2.45) is 0 Å². The summed E-state index contributed by atoms with van der Waals surface area (Å²) in [5.41, 5.74) is 2.04. The van der Waals surface area contributed by atoms with E-state index in [1.807, 2.05) is 37.3 Å². The van der Waals surface area contributed by atoms with E-state index in [-0.39, 0.29) is 0 Å². The summed E-state index contributed by atoms with van der Waals surface area (Å²) in [4.78, 5) is 4.30. The van der Waals surface area contributed by atoms with Gasteiger partial charge in [-0.3, -0.25) is 0 Å². The fourth-order valence-electron chi connectivity index (χ4n) is 1.49. The first-order valence-corrected chi connectivity index (χ1v) is 6.02. The smallest absolute Gasteiger partial charge is 0.142 e. The molecule has 3 nitrogen and oxygen atoms in total. The maximum atomic E-state index is 5.27. The Bertz CT molecular complexity index is 529. The van der Waals surface area contributed by atoms with Crippen molar-refractivity contribution in [1.29, 1.82) is 0 Å². The lowest BCUT2D eigenvalue weighted by atomic mass is 10.2. The lowest BCUT2D eigenvalue weighted by molar-refractivity contribution is 0.417. The number of hydrogen-bond donors (Lipinski definition) is 1. The molecule has 2 aromatic rings. The topological polar surface area (TPSA) is 34.1 Å². The van der Waals surface area contributed by atoms with Gasteiger partial charge in [-0.15, -0.1) is 0 Å². The van der Waals surface area contributed by atoms with Crippen LogP contribution in [0, 0.1) is 6.92 Å². The van der Waals surface area contributed by atoms with Gasteiger partial charge < -0.3 is 10.1 Å². The van der Waals surface area contributed by atoms with Crippen molar-refractivity contribution < 1.29 is 4.74 Å². The van der Waals surface area contributed by atoms with Crippen molar-refractivity contribution in [3.8, 4) is 5.75 Å². The second-order valence-electron chi connectivity index (χ2n) is 3.64. The summed E-state index contributed by atoms with van der Waals surface area (Å²) in [7, 11) is 1.65. The molecule has 17 heavy (non-hydrogen) atoms. The van der Waals surface area contributed by atoms with Gasteiger partial charge in [-0.2, -0.15) is 0 Å². The molecule has 4 heteroatoms. The predicted octanol–water partition coefficient (Wildman–Crippen LogP) is 3.90. The third-order valence-corrected chi connectivity index (χ3v) is 3.25. The number of benzene rings is 1. The van der Waals surface area contributed by atoms with Crippen LogP contribution in [0.25, 0.3) is 0 Å². The number of nitrogens with zero attached hydrogens (tertiary/aromatic N) is 1. The number of rotatable bonds is 3. The fraction of sp³-hybridized carbons (Fsp3) is 0.154. The molecule has 2 rings (SSSR count). The molecule has 0 spiro atoms. The summed E-state index contributed by atoms with van der Waals surface area (Å²) < 4.78 is 6.27. The van der Waals surface area contributed by atoms with Crippen LogP contribution in [0.4, 0.5) is 11.5 Å². The van der Waals surface area contributed by atoms with Gasteiger partial charge in [-0.25, -0.2) is 4.98 Å². The number of anilines is 2. The molecule has 1 aromatic heterocycles. The zero-order valence-corrected chi connectivity index (χ0v) is 11.3. The van der Waals surface area contributed by atoms with E-state index in [4.69, 9.17) is 4.74 Å². The molecule has 1 N–H and O–H groups in total. The van der Waals surface area contributed by atoms with Crippen molar-refractivity contribution in [3.63, 3.8) is 0 Å². The van der Waals surface area contributed by atoms with Crippen LogP contribution < -0.4 is 10.1 Å². The molecular weight excluding hydrogens is 280 g/mol. The monoisotopic (exact) mass is 292 g/mol. The van der Waals surface area contributed by atoms with Gasteiger partial charge >= 0.3 is 0 Å². The van der Waals surface area contributed by atoms with Crippen molar-refractivity contribution in [1.82, 2.24) is 4.98 Å². The van der Waals surface area contributed by atoms with Gasteiger partial charge in [0.2, 0.25) is 0 Å². The molecule has 88 valence electrons. The Kier molecular flexibility index (Phi) is 3.64. The van der Waals surface area contributed by atoms with Crippen LogP contribution in [0.5, 0.6) is 5.75 Å². The average molecular weight is 293 g/mol. The average Bonchev–Trinajstić information content (AvgIpc) is 2.34. The fourth-order valence-corrected chi connectivity index (χ4v) is 1.71. The molecule has 0 atom stereocenters. The van der Waals surface area contributed by atoms with Crippen molar-refractivity contribution in [2.75, 3.05) is 12.4 Å². The number of hydrogen-bond acceptors (Lipinski definition) is 3. The molecule has 0 unspecified atom stereocenters. The standard InChI is InChI=1S/C13H13BrN2O/c1-9-7-13(15-8-10(9)14)16-11-5-3-4-6-12(11)17-2/h3-8H,1-2H3,(H,15,16). The Labute approximate surface area is 109 Å². The Morgan fingerprint density at radius 1 is 1.29 bits per heavy atom. The summed E-state index contributed by atoms with van der Waals surface area (Å²) in [5.74, 6) is 1.60. The summed E-state index contributed by atoms with van der Waals surface area (Å²) >= 11 is 3.43. The molecule has 1 heterocycles. The van der Waals surface area contributed by atoms with Crippen LogP contribution in [-0.4, -0.2) is 12.1 Å². The molecule has 0 saturated heterocycles. The van der Waals surface area contributed by atoms with Crippen LogP contribution in [0.1, 0.15) is 5.56 Å². The molecule has 0 amide bonds. The van der Waals surface area contributed by atoms with Gasteiger partial charge in [0, 0.05) is 10.7 Å². The van der Waals surface area contributed by atoms with E-state index in [0.717, 1.165) is 27.3 Å². The van der Waals surface area contributed by atoms with Crippen molar-refractivity contribution >= 4 is 27.4 Å². The number of nitrogens with one attached hydrogen (secondary N) is 1. The lowest BCUT2D eigenvalue weighted by Gasteiger charge is -2.10. The number of methoxy groups -OCH3 is 1. The van der Waals surface area contributed by atoms with Gasteiger partial charge in [0.1, 0.15) is 11.6 Å². The molecule has 0 saturated carbocycles. The number of pyridine rings is 1. The Hall–Kier alpha value is -1.55. The Balaban J connectivity index is 2.28. The van der Waals surface area contributed by atoms with E-state index >= 15 is 0 Å². The molecule has 0 radical (unpaired) electrons. The highest BCUT2D eigenvalue weighted by Gasteiger charge is 2.03. The number of para-hydroxylation sites is 2. The SMILES string of the molecule is COc1ccccc1Nc1cc(C)c(Br)cn1. The maximum Gasteiger partial charge on any atom is 0.142 e. The predicted molar refractivity (Wildman–Crippen MR) is 73.0 cm³/mol. The van der Waals surface area contributed by atoms with Crippen LogP contribution >= 0.6 is 15.9 Å². The highest BCUT2D eigenvalue weighted by molar-refractivity contribution is 9.10. The van der Waals surface area contributed by atoms with Gasteiger partial charge in [-0.1, -0.05) is 12.1 Å². The largest absolute Gasteiger partial charge is 0.495 e. The number of aromatic nitrogens is 1. The van der Waals surface area contributed by atoms with Crippen LogP contribution in [0.3, 0.4) is 0 Å². The molecule has 0 aliphatic carbocycles. The quantitative estimate of drug-likeness (QED) is 0.931. The summed E-state index contributed by atoms with van der Waals surface area (Å²) in [6.45, 7) is 2.03. The molecule has 0 fully saturated rings. The van der Waals surface area contributed by atoms with Gasteiger partial charge in [0.05, 0.1) is 12.8 Å². The molecule has 0 aliphatic rings. The minimum atomic E-state index is 0.801. The van der Waals surface area contributed by atoms with Gasteiger partial charge in [0.25, 0.3) is 0 Å². The van der Waals surface area contributed by atoms with Crippen LogP contribution in [-0.2, 0) is 0 Å². The summed E-state index contributed by atoms with van der Waals surface area (Å²) in [6.07, 6.45) is 1.78. The van der Waals surface area contributed by atoms with Crippen molar-refractivity contribution in [2.45, 2.75) is 6.92 Å². The van der Waals surface area contributed by atoms with E-state index in [2.05, 4.69) is 26.2 Å². The second kappa shape index (κ2) is 5.19. The van der Waals surface area contributed by atoms with E-state index in [9.17, 15) is 0 Å². The Morgan fingerprint density at radius 2 is 2.06 bits per heavy atom. The van der Waals surface area contributed by atoms with Gasteiger partial charge in [-0.05, 0) is 46.6 Å². The highest BCUT2D eigenvalue weighted by Crippen LogP contribution is 2.27. The van der Waals surface area contributed by atoms with Crippen LogP contribution in [0.15, 0.2) is 41.0 Å². The van der Waals surface area contributed by atoms with E-state index in [0.29, 0.717) is 0 Å². The van der Waals surface area contributed by atoms with Crippen molar-refractivity contribution in [3.05, 3.63) is 46.6 Å². The first-order chi connectivity index (χ1) is 8.20. The third kappa shape index (κ3) is 2.77. The first kappa shape index (κ1) is 11.9. The van der Waals surface area contributed by atoms with Crippen LogP contribution in [0.2, 0.25) is 0 Å². The normalized spacial score (nSPS) is 10.1. The van der Waals surface area contributed by atoms with E-state index < -0.39 is 0 Å². The molecular formula is C13H13BrN2O. The minimum Gasteiger partial charge on any atom is -0.495 e. The highest BCUT2D eigenvalue weighted by atomic mass is 79.9. The first-order valence-electron chi connectivity index (χ1n) is 5.23. The third-order valence-electron chi connectivity index (χ3n) is 2.42. The maximum absolute atomic E-state index is 5.27. The zero-order valence-electron chi connectivity index (χ0n) is 9.70. The second-order valence-corrected chi connectivity index (χ2v) is 4.50. The number of ether oxygens (including phenoxy) is 1.